The van der Waals surface area contributed by atoms with E-state index < -0.39 is 4.92 Å². The first-order chi connectivity index (χ1) is 10.2. The molecule has 4 N–H and O–H groups in total. The van der Waals surface area contributed by atoms with Gasteiger partial charge in [0.2, 0.25) is 0 Å². The van der Waals surface area contributed by atoms with Crippen LogP contribution in [0.3, 0.4) is 0 Å². The van der Waals surface area contributed by atoms with Crippen molar-refractivity contribution in [1.29, 1.82) is 0 Å². The van der Waals surface area contributed by atoms with Gasteiger partial charge >= 0.3 is 0 Å². The first kappa shape index (κ1) is 15.5. The normalized spacial score (nSPS) is 15.7. The summed E-state index contributed by atoms with van der Waals surface area (Å²) in [6.45, 7) is 0.384. The number of nitrogen functional groups attached to an aromatic ring is 1. The van der Waals surface area contributed by atoms with Crippen molar-refractivity contribution >= 4 is 17.3 Å². The predicted molar refractivity (Wildman–Crippen MR) is 80.0 cm³/mol. The van der Waals surface area contributed by atoms with E-state index >= 15 is 0 Å². The van der Waals surface area contributed by atoms with E-state index in [-0.39, 0.29) is 24.2 Å². The number of nitrogens with zero attached hydrogens (tertiary/aromatic N) is 3. The highest BCUT2D eigenvalue weighted by atomic mass is 16.6. The Morgan fingerprint density at radius 1 is 1.43 bits per heavy atom. The molecule has 0 unspecified atom stereocenters. The fourth-order valence-corrected chi connectivity index (χ4v) is 2.81. The number of pyridine rings is 1. The summed E-state index contributed by atoms with van der Waals surface area (Å²) in [5.41, 5.74) is 2.29. The second kappa shape index (κ2) is 7.19. The molecule has 0 spiro atoms. The number of hydrogen-bond donors (Lipinski definition) is 3. The largest absolute Gasteiger partial charge is 0.395 e. The van der Waals surface area contributed by atoms with E-state index in [1.165, 1.54) is 18.6 Å². The molecule has 0 radical (unpaired) electrons. The number of nitrogens with one attached hydrogen (secondary N) is 1. The molecule has 116 valence electrons. The molecular formula is C13H21N5O3. The summed E-state index contributed by atoms with van der Waals surface area (Å²) in [5.74, 6) is 6.07. The number of rotatable bonds is 6. The van der Waals surface area contributed by atoms with Crippen LogP contribution in [0.2, 0.25) is 0 Å². The average Bonchev–Trinajstić information content (AvgIpc) is 2.52. The van der Waals surface area contributed by atoms with Gasteiger partial charge in [-0.2, -0.15) is 0 Å². The summed E-state index contributed by atoms with van der Waals surface area (Å²) in [6.07, 6.45) is 5.49. The molecular weight excluding hydrogens is 274 g/mol. The molecule has 8 heteroatoms. The van der Waals surface area contributed by atoms with E-state index in [1.54, 1.807) is 0 Å². The van der Waals surface area contributed by atoms with Crippen LogP contribution in [0.1, 0.15) is 32.1 Å². The molecule has 1 aromatic heterocycles. The van der Waals surface area contributed by atoms with E-state index in [0.29, 0.717) is 12.4 Å². The van der Waals surface area contributed by atoms with Crippen LogP contribution >= 0.6 is 0 Å². The van der Waals surface area contributed by atoms with Crippen molar-refractivity contribution in [3.8, 4) is 0 Å². The number of hydrazine groups is 1. The van der Waals surface area contributed by atoms with Crippen molar-refractivity contribution in [3.63, 3.8) is 0 Å². The molecule has 1 aliphatic rings. The minimum atomic E-state index is -0.468. The third-order valence-electron chi connectivity index (χ3n) is 3.81. The van der Waals surface area contributed by atoms with Gasteiger partial charge in [-0.05, 0) is 12.8 Å². The minimum absolute atomic E-state index is 0.0216. The van der Waals surface area contributed by atoms with E-state index in [4.69, 9.17) is 5.84 Å². The zero-order chi connectivity index (χ0) is 15.2. The minimum Gasteiger partial charge on any atom is -0.395 e. The highest BCUT2D eigenvalue weighted by Crippen LogP contribution is 2.29. The Bertz CT molecular complexity index is 491. The Labute approximate surface area is 123 Å². The van der Waals surface area contributed by atoms with Gasteiger partial charge in [0.25, 0.3) is 5.69 Å². The molecule has 1 heterocycles. The zero-order valence-corrected chi connectivity index (χ0v) is 11.9. The molecule has 0 atom stereocenters. The van der Waals surface area contributed by atoms with Crippen molar-refractivity contribution in [2.45, 2.75) is 38.1 Å². The Morgan fingerprint density at radius 2 is 2.14 bits per heavy atom. The maximum absolute atomic E-state index is 11.0. The van der Waals surface area contributed by atoms with E-state index in [1.807, 2.05) is 4.90 Å². The summed E-state index contributed by atoms with van der Waals surface area (Å²) >= 11 is 0. The fourth-order valence-electron chi connectivity index (χ4n) is 2.81. The van der Waals surface area contributed by atoms with E-state index in [0.717, 1.165) is 25.7 Å². The van der Waals surface area contributed by atoms with Crippen molar-refractivity contribution in [1.82, 2.24) is 4.98 Å². The van der Waals surface area contributed by atoms with Crippen LogP contribution in [-0.2, 0) is 0 Å². The number of nitro groups is 1. The molecule has 0 aliphatic heterocycles. The fraction of sp³-hybridized carbons (Fsp3) is 0.615. The first-order valence-electron chi connectivity index (χ1n) is 7.16. The molecule has 0 saturated heterocycles. The number of anilines is 2. The van der Waals surface area contributed by atoms with Crippen LogP contribution < -0.4 is 16.2 Å². The third kappa shape index (κ3) is 3.79. The van der Waals surface area contributed by atoms with Gasteiger partial charge in [-0.25, -0.2) is 10.8 Å². The number of aliphatic hydroxyl groups excluding tert-OH is 1. The lowest BCUT2D eigenvalue weighted by atomic mass is 9.94. The lowest BCUT2D eigenvalue weighted by Gasteiger charge is -2.34. The number of nitrogens with two attached hydrogens (primary N) is 1. The van der Waals surface area contributed by atoms with E-state index in [2.05, 4.69) is 10.4 Å². The van der Waals surface area contributed by atoms with Gasteiger partial charge in [0.05, 0.1) is 23.7 Å². The second-order valence-electron chi connectivity index (χ2n) is 5.18. The van der Waals surface area contributed by atoms with Gasteiger partial charge in [-0.3, -0.25) is 10.1 Å². The summed E-state index contributed by atoms with van der Waals surface area (Å²) in [5, 5.41) is 20.3. The van der Waals surface area contributed by atoms with Crippen LogP contribution in [-0.4, -0.2) is 34.2 Å². The molecule has 0 bridgehead atoms. The molecule has 8 nitrogen and oxygen atoms in total. The van der Waals surface area contributed by atoms with Crippen molar-refractivity contribution in [2.24, 2.45) is 5.84 Å². The Kier molecular flexibility index (Phi) is 5.29. The summed E-state index contributed by atoms with van der Waals surface area (Å²) in [4.78, 5) is 16.8. The molecule has 0 aromatic carbocycles. The number of aliphatic hydroxyl groups is 1. The van der Waals surface area contributed by atoms with Crippen LogP contribution in [0.15, 0.2) is 12.1 Å². The lowest BCUT2D eigenvalue weighted by molar-refractivity contribution is -0.384. The van der Waals surface area contributed by atoms with Crippen LogP contribution in [0.5, 0.6) is 0 Å². The smallest absolute Gasteiger partial charge is 0.276 e. The molecule has 1 aromatic rings. The zero-order valence-electron chi connectivity index (χ0n) is 11.9. The molecule has 21 heavy (non-hydrogen) atoms. The van der Waals surface area contributed by atoms with Gasteiger partial charge in [0, 0.05) is 12.6 Å². The van der Waals surface area contributed by atoms with Crippen LogP contribution in [0.4, 0.5) is 17.3 Å². The van der Waals surface area contributed by atoms with Gasteiger partial charge < -0.3 is 15.4 Å². The SMILES string of the molecule is NNc1cc([N+](=O)[O-])cc(N(CCO)C2CCCCC2)n1. The highest BCUT2D eigenvalue weighted by Gasteiger charge is 2.24. The van der Waals surface area contributed by atoms with E-state index in [9.17, 15) is 15.2 Å². The van der Waals surface area contributed by atoms with Gasteiger partial charge in [0.15, 0.2) is 0 Å². The third-order valence-corrected chi connectivity index (χ3v) is 3.81. The molecule has 2 rings (SSSR count). The van der Waals surface area contributed by atoms with Crippen LogP contribution in [0.25, 0.3) is 0 Å². The van der Waals surface area contributed by atoms with Gasteiger partial charge in [-0.15, -0.1) is 0 Å². The molecule has 0 amide bonds. The monoisotopic (exact) mass is 295 g/mol. The lowest BCUT2D eigenvalue weighted by Crippen LogP contribution is -2.39. The van der Waals surface area contributed by atoms with Gasteiger partial charge in [-0.1, -0.05) is 19.3 Å². The molecule has 1 aliphatic carbocycles. The highest BCUT2D eigenvalue weighted by molar-refractivity contribution is 5.56. The number of hydrogen-bond acceptors (Lipinski definition) is 7. The Morgan fingerprint density at radius 3 is 2.71 bits per heavy atom. The standard InChI is InChI=1S/C13H21N5O3/c14-16-12-8-11(18(20)21)9-13(15-12)17(6-7-19)10-4-2-1-3-5-10/h8-10,19H,1-7,14H2,(H,15,16). The topological polar surface area (TPSA) is 118 Å². The first-order valence-corrected chi connectivity index (χ1v) is 7.16. The van der Waals surface area contributed by atoms with Crippen molar-refractivity contribution < 1.29 is 10.0 Å². The average molecular weight is 295 g/mol. The van der Waals surface area contributed by atoms with Crippen LogP contribution in [0, 0.1) is 10.1 Å². The Balaban J connectivity index is 2.33. The van der Waals surface area contributed by atoms with Crippen molar-refractivity contribution in [3.05, 3.63) is 22.2 Å². The number of aromatic nitrogens is 1. The predicted octanol–water partition coefficient (Wildman–Crippen LogP) is 1.41. The summed E-state index contributed by atoms with van der Waals surface area (Å²) in [6, 6.07) is 2.98. The maximum Gasteiger partial charge on any atom is 0.276 e. The Hall–Kier alpha value is -1.93. The van der Waals surface area contributed by atoms with Crippen molar-refractivity contribution in [2.75, 3.05) is 23.5 Å². The summed E-state index contributed by atoms with van der Waals surface area (Å²) < 4.78 is 0. The summed E-state index contributed by atoms with van der Waals surface area (Å²) in [7, 11) is 0. The second-order valence-corrected chi connectivity index (χ2v) is 5.18. The quantitative estimate of drug-likeness (QED) is 0.412. The maximum atomic E-state index is 11.0. The molecule has 1 saturated carbocycles. The van der Waals surface area contributed by atoms with Gasteiger partial charge in [0.1, 0.15) is 11.6 Å². The molecule has 1 fully saturated rings.